The number of ether oxygens (including phenoxy) is 3. The van der Waals surface area contributed by atoms with Gasteiger partial charge in [-0.25, -0.2) is 33.4 Å². The van der Waals surface area contributed by atoms with Crippen LogP contribution >= 0.6 is 11.8 Å². The number of esters is 3. The van der Waals surface area contributed by atoms with E-state index in [1.165, 1.54) is 43.6 Å². The topological polar surface area (TPSA) is 666 Å². The fourth-order valence-corrected chi connectivity index (χ4v) is 9.41. The molecular weight excluding hydrogens is 1670 g/mol. The number of carbonyl (C=O) groups excluding carboxylic acids is 17. The van der Waals surface area contributed by atoms with Crippen LogP contribution in [0.4, 0.5) is 24.7 Å². The van der Waals surface area contributed by atoms with Crippen molar-refractivity contribution >= 4 is 106 Å². The third-order valence-electron chi connectivity index (χ3n) is 14.2. The Bertz CT molecular complexity index is 5880. The van der Waals surface area contributed by atoms with Gasteiger partial charge in [0.15, 0.2) is 17.5 Å². The van der Waals surface area contributed by atoms with E-state index in [0.717, 1.165) is 56.8 Å². The number of amides is 2. The number of primary amides is 1. The van der Waals surface area contributed by atoms with Crippen molar-refractivity contribution in [3.05, 3.63) is 237 Å². The van der Waals surface area contributed by atoms with Crippen LogP contribution < -0.4 is 44.7 Å². The average molecular weight is 1750 g/mol. The van der Waals surface area contributed by atoms with E-state index in [9.17, 15) is 61.6 Å². The third-order valence-corrected chi connectivity index (χ3v) is 14.2. The largest absolute Gasteiger partial charge is 0.461 e. The van der Waals surface area contributed by atoms with Crippen LogP contribution in [0.5, 0.6) is 0 Å². The number of hydrogen-bond acceptors (Lipinski definition) is 32. The molecule has 44 nitrogen and oxygen atoms in total. The summed E-state index contributed by atoms with van der Waals surface area (Å²) >= 11 is 4.14. The fourth-order valence-electron chi connectivity index (χ4n) is 9.41. The summed E-state index contributed by atoms with van der Waals surface area (Å²) in [5, 5.41) is 29.7. The number of aromatic amines is 4. The lowest BCUT2D eigenvalue weighted by molar-refractivity contribution is -0.384. The molecule has 10 aromatic heterocycles. The molecule has 658 valence electrons. The lowest BCUT2D eigenvalue weighted by atomic mass is 9.96. The van der Waals surface area contributed by atoms with Crippen LogP contribution in [0.3, 0.4) is 0 Å². The van der Waals surface area contributed by atoms with Gasteiger partial charge in [-0.1, -0.05) is 46.4 Å². The van der Waals surface area contributed by atoms with Crippen molar-refractivity contribution < 1.29 is 114 Å². The molecular formula is C76H81ClF3N19O25. The molecule has 0 spiro atoms. The molecule has 12 aromatic rings. The molecule has 0 saturated heterocycles. The van der Waals surface area contributed by atoms with E-state index in [4.69, 9.17) is 89.2 Å². The molecule has 0 fully saturated rings. The van der Waals surface area contributed by atoms with Crippen molar-refractivity contribution in [2.75, 3.05) is 30.2 Å². The van der Waals surface area contributed by atoms with Crippen LogP contribution in [0.25, 0.3) is 50.7 Å². The number of nitrogen functional groups attached to an aromatic ring is 2. The zero-order valence-electron chi connectivity index (χ0n) is 66.8. The molecule has 0 unspecified atom stereocenters. The van der Waals surface area contributed by atoms with Crippen molar-refractivity contribution in [3.8, 4) is 34.2 Å². The molecule has 48 heteroatoms. The second kappa shape index (κ2) is 55.1. The minimum atomic E-state index is -4.75. The number of halogens is 4. The fraction of sp³-hybridized carbons (Fsp3) is 0.237. The summed E-state index contributed by atoms with van der Waals surface area (Å²) in [5.74, 6) is 9.19. The second-order valence-electron chi connectivity index (χ2n) is 24.6. The van der Waals surface area contributed by atoms with Gasteiger partial charge in [-0.2, -0.15) is 70.7 Å². The van der Waals surface area contributed by atoms with Gasteiger partial charge in [0.1, 0.15) is 46.1 Å². The van der Waals surface area contributed by atoms with E-state index in [2.05, 4.69) is 62.6 Å². The predicted octanol–water partition coefficient (Wildman–Crippen LogP) is 6.39. The first-order valence-electron chi connectivity index (χ1n) is 33.9. The Morgan fingerprint density at radius 2 is 0.944 bits per heavy atom. The number of H-pyrrole nitrogens is 4. The molecule has 0 atom stereocenters. The number of pyridine rings is 1. The van der Waals surface area contributed by atoms with Crippen molar-refractivity contribution in [2.45, 2.75) is 103 Å². The van der Waals surface area contributed by atoms with E-state index >= 15 is 0 Å². The van der Waals surface area contributed by atoms with Crippen LogP contribution in [0.1, 0.15) is 125 Å². The van der Waals surface area contributed by atoms with Gasteiger partial charge in [0, 0.05) is 84.5 Å². The summed E-state index contributed by atoms with van der Waals surface area (Å²) in [6.45, 7) is 21.9. The molecule has 0 aliphatic rings. The first-order valence-corrected chi connectivity index (χ1v) is 34.3. The highest BCUT2D eigenvalue weighted by atomic mass is 35.5. The van der Waals surface area contributed by atoms with Gasteiger partial charge in [0.2, 0.25) is 5.91 Å². The number of alkyl halides is 3. The Labute approximate surface area is 701 Å². The number of anilines is 1. The Hall–Kier alpha value is -16.6. The lowest BCUT2D eigenvalue weighted by Gasteiger charge is -2.18. The first kappa shape index (κ1) is 109. The summed E-state index contributed by atoms with van der Waals surface area (Å²) in [7, 11) is 0. The van der Waals surface area contributed by atoms with E-state index in [1.54, 1.807) is 126 Å². The average Bonchev–Trinajstić information content (AvgIpc) is 1.43. The van der Waals surface area contributed by atoms with Crippen LogP contribution in [-0.4, -0.2) is 148 Å². The molecule has 0 aliphatic carbocycles. The van der Waals surface area contributed by atoms with Crippen molar-refractivity contribution in [2.24, 2.45) is 16.4 Å². The van der Waals surface area contributed by atoms with Gasteiger partial charge in [-0.15, -0.1) is 15.3 Å². The van der Waals surface area contributed by atoms with Crippen LogP contribution in [0.2, 0.25) is 0 Å². The monoisotopic (exact) mass is 1750 g/mol. The summed E-state index contributed by atoms with van der Waals surface area (Å²) in [6.07, 6.45) is 7.85. The molecule has 0 bridgehead atoms. The van der Waals surface area contributed by atoms with Gasteiger partial charge < -0.3 is 56.9 Å². The maximum Gasteiger partial charge on any atom is 0.417 e. The minimum Gasteiger partial charge on any atom is -0.461 e. The van der Waals surface area contributed by atoms with Crippen LogP contribution in [0, 0.1) is 57.1 Å². The molecule has 10 heterocycles. The number of rotatable bonds is 12. The summed E-state index contributed by atoms with van der Waals surface area (Å²) in [5.41, 5.74) is 11.9. The number of nitrogens with zero attached hydrogens (tertiary/aromatic N) is 10. The van der Waals surface area contributed by atoms with E-state index < -0.39 is 45.0 Å². The molecule has 0 aliphatic heterocycles. The molecule has 2 amide bonds. The summed E-state index contributed by atoms with van der Waals surface area (Å²) in [4.78, 5) is 214. The number of nitro groups is 1. The number of aromatic nitrogens is 13. The minimum absolute atomic E-state index is 0. The predicted molar refractivity (Wildman–Crippen MR) is 422 cm³/mol. The molecule has 2 aromatic carbocycles. The molecule has 13 N–H and O–H groups in total. The summed E-state index contributed by atoms with van der Waals surface area (Å²) < 4.78 is 62.2. The van der Waals surface area contributed by atoms with E-state index in [-0.39, 0.29) is 103 Å². The number of fused-ring (bicyclic) bond motifs is 3. The highest BCUT2D eigenvalue weighted by molar-refractivity contribution is 6.11. The molecule has 0 saturated carbocycles. The summed E-state index contributed by atoms with van der Waals surface area (Å²) in [6, 6.07) is 24.1. The third kappa shape index (κ3) is 36.9. The number of non-ortho nitro benzene ring substituents is 1. The number of nitro benzene ring substituents is 1. The zero-order valence-corrected chi connectivity index (χ0v) is 67.6. The van der Waals surface area contributed by atoms with Crippen molar-refractivity contribution in [3.63, 3.8) is 0 Å². The number of benzene rings is 2. The van der Waals surface area contributed by atoms with Gasteiger partial charge in [-0.05, 0) is 167 Å². The molecule has 0 radical (unpaired) electrons. The highest BCUT2D eigenvalue weighted by Crippen LogP contribution is 2.37. The highest BCUT2D eigenvalue weighted by Gasteiger charge is 2.36. The standard InChI is InChI=1S/C18H18F3N5O2.C16H15N3O3.C13H10N4O3.C8H12N2O2.C8H11NO2.C6H9N3O.6CO2.CH4.ClH2N/c1-9-5-12-15(27)24-14(25-26(12)8-9)10-7-22-13(6-11(10)18(19,20)21)23-16(28)17(2,3)4;1-10-6-14-16(21)17-15(18-19(14)8-10)13-5-3-4-12(7-13)9-22-11(2)20;1-8-6-11-13(18)14-12(15-16(11)7-8)9-2-4-10(5-3-9)17(19)20;1-3-12-8(11)7-4-6(2)5-10(7)9;1-3-11-8(10)7-4-6(2)5-9-7;1-4-2-5(6(7)10)9(8)3-4;6*2-1-3;;1-2/h5-8H,1-4H3,(H,22,23,28)(H,24,25,27);3-8H,9H2,1-2H3,(H,17,18,21);2-7H,1H3,(H,14,15,18);4-5H,3,9H2,1-2H3;4-5,9H,3H2,1-2H3;2-3H,8H2,1H3,(H2,7,10);;;;;;;1H4;2H2. The second-order valence-corrected chi connectivity index (χ2v) is 24.6. The molecule has 12 rings (SSSR count). The van der Waals surface area contributed by atoms with Crippen LogP contribution in [0.15, 0.2) is 149 Å². The first-order chi connectivity index (χ1) is 57.9. The van der Waals surface area contributed by atoms with Gasteiger partial charge in [-0.3, -0.25) is 48.2 Å². The quantitative estimate of drug-likeness (QED) is 0.0160. The van der Waals surface area contributed by atoms with E-state index in [1.807, 2.05) is 58.9 Å². The van der Waals surface area contributed by atoms with Gasteiger partial charge in [0.05, 0.1) is 23.7 Å². The number of carbonyl (C=O) groups is 5. The van der Waals surface area contributed by atoms with Crippen LogP contribution in [-0.2, 0) is 94.1 Å². The zero-order chi connectivity index (χ0) is 94.2. The van der Waals surface area contributed by atoms with E-state index in [0.29, 0.717) is 58.5 Å². The Kier molecular flexibility index (Phi) is 48.6. The molecule has 124 heavy (non-hydrogen) atoms. The lowest BCUT2D eigenvalue weighted by Crippen LogP contribution is -2.28. The van der Waals surface area contributed by atoms with Crippen molar-refractivity contribution in [1.29, 1.82) is 0 Å². The number of aryl methyl sites for hydroxylation is 6. The maximum atomic E-state index is 13.6. The Balaban J connectivity index is 0. The Morgan fingerprint density at radius 3 is 1.30 bits per heavy atom. The van der Waals surface area contributed by atoms with Crippen molar-refractivity contribution in [1.82, 2.24) is 63.1 Å². The van der Waals surface area contributed by atoms with Gasteiger partial charge in [0.25, 0.3) is 28.3 Å². The Morgan fingerprint density at radius 1 is 0.548 bits per heavy atom. The normalized spacial score (nSPS) is 9.49. The number of nitrogens with one attached hydrogen (secondary N) is 5. The number of hydrogen-bond donors (Lipinski definition) is 9. The smallest absolute Gasteiger partial charge is 0.417 e. The number of nitrogens with two attached hydrogens (primary N) is 4. The maximum absolute atomic E-state index is 13.6. The van der Waals surface area contributed by atoms with Gasteiger partial charge >= 0.3 is 61.0 Å². The SMILES string of the molecule is C.CC(=O)OCc1cccc(-c2nn3cc(C)cc3c(=O)[nH]2)c1.CCOC(=O)c1cc(C)c[nH]1.CCOC(=O)c1cc(C)cn1N.Cc1cc(C(N)=O)n(N)c1.Cc1cc2c(=O)[nH]c(-c3ccc([N+](=O)[O-])cc3)nn2c1.Cc1cc2c(=O)[nH]c(-c3cnc(NC(=O)C(C)(C)C)cc3C(F)(F)F)nn2c1.NCl.O=C=O.O=C=O.O=C=O.O=C=O.O=C=O.O=C=O.